The molecule has 0 bridgehead atoms. The molecule has 1 aliphatic heterocycles. The van der Waals surface area contributed by atoms with Crippen molar-refractivity contribution in [3.8, 4) is 0 Å². The monoisotopic (exact) mass is 279 g/mol. The van der Waals surface area contributed by atoms with Gasteiger partial charge in [-0.25, -0.2) is 0 Å². The molecule has 3 nitrogen and oxygen atoms in total. The maximum atomic E-state index is 12.3. The van der Waals surface area contributed by atoms with Crippen molar-refractivity contribution in [1.82, 2.24) is 4.90 Å². The normalized spacial score (nSPS) is 27.4. The van der Waals surface area contributed by atoms with Gasteiger partial charge in [-0.15, -0.1) is 0 Å². The number of halogens is 1. The highest BCUT2D eigenvalue weighted by molar-refractivity contribution is 6.30. The van der Waals surface area contributed by atoms with E-state index < -0.39 is 0 Å². The molecular formula is C15H18ClNO2. The molecule has 0 N–H and O–H groups in total. The number of morpholine rings is 1. The molecule has 2 aliphatic rings. The number of ether oxygens (including phenoxy) is 1. The van der Waals surface area contributed by atoms with Crippen LogP contribution in [0, 0.1) is 5.92 Å². The highest BCUT2D eigenvalue weighted by Crippen LogP contribution is 2.34. The average molecular weight is 280 g/mol. The number of benzene rings is 1. The number of carbonyl (C=O) groups is 1. The Morgan fingerprint density at radius 2 is 2.21 bits per heavy atom. The number of hydrogen-bond donors (Lipinski definition) is 0. The molecule has 1 heterocycles. The summed E-state index contributed by atoms with van der Waals surface area (Å²) in [5.41, 5.74) is 1.05. The lowest BCUT2D eigenvalue weighted by atomic mass is 10.1. The zero-order valence-corrected chi connectivity index (χ0v) is 11.8. The van der Waals surface area contributed by atoms with Crippen molar-refractivity contribution < 1.29 is 9.53 Å². The summed E-state index contributed by atoms with van der Waals surface area (Å²) >= 11 is 6.02. The first-order chi connectivity index (χ1) is 9.15. The lowest BCUT2D eigenvalue weighted by Gasteiger charge is -2.38. The second kappa shape index (κ2) is 5.14. The van der Waals surface area contributed by atoms with Crippen molar-refractivity contribution in [2.45, 2.75) is 31.9 Å². The van der Waals surface area contributed by atoms with Crippen LogP contribution in [-0.2, 0) is 9.53 Å². The van der Waals surface area contributed by atoms with E-state index in [1.165, 1.54) is 0 Å². The van der Waals surface area contributed by atoms with E-state index in [0.717, 1.165) is 18.4 Å². The van der Waals surface area contributed by atoms with Crippen LogP contribution in [0.3, 0.4) is 0 Å². The van der Waals surface area contributed by atoms with Gasteiger partial charge in [0.15, 0.2) is 0 Å². The van der Waals surface area contributed by atoms with E-state index in [1.54, 1.807) is 0 Å². The Bertz CT molecular complexity index is 487. The van der Waals surface area contributed by atoms with Crippen LogP contribution in [0.15, 0.2) is 24.3 Å². The number of rotatable bonds is 2. The molecule has 1 saturated heterocycles. The fourth-order valence-electron chi connectivity index (χ4n) is 2.54. The fraction of sp³-hybridized carbons (Fsp3) is 0.533. The quantitative estimate of drug-likeness (QED) is 0.833. The Labute approximate surface area is 118 Å². The molecule has 1 aliphatic carbocycles. The summed E-state index contributed by atoms with van der Waals surface area (Å²) in [6, 6.07) is 7.87. The molecule has 0 unspecified atom stereocenters. The van der Waals surface area contributed by atoms with Gasteiger partial charge in [0.25, 0.3) is 0 Å². The molecule has 2 fully saturated rings. The molecule has 1 aromatic carbocycles. The second-order valence-electron chi connectivity index (χ2n) is 5.49. The van der Waals surface area contributed by atoms with Crippen LogP contribution in [0.1, 0.15) is 31.4 Å². The Morgan fingerprint density at radius 3 is 2.89 bits per heavy atom. The van der Waals surface area contributed by atoms with Crippen LogP contribution < -0.4 is 0 Å². The maximum Gasteiger partial charge on any atom is 0.226 e. The third-order valence-electron chi connectivity index (χ3n) is 3.86. The van der Waals surface area contributed by atoms with Crippen LogP contribution in [0.5, 0.6) is 0 Å². The minimum Gasteiger partial charge on any atom is -0.370 e. The molecule has 0 spiro atoms. The van der Waals surface area contributed by atoms with Gasteiger partial charge in [-0.2, -0.15) is 0 Å². The topological polar surface area (TPSA) is 29.5 Å². The molecule has 0 aromatic heterocycles. The van der Waals surface area contributed by atoms with Gasteiger partial charge in [-0.3, -0.25) is 4.79 Å². The van der Waals surface area contributed by atoms with E-state index in [0.29, 0.717) is 24.1 Å². The van der Waals surface area contributed by atoms with Crippen molar-refractivity contribution in [3.63, 3.8) is 0 Å². The molecule has 0 radical (unpaired) electrons. The molecule has 2 atom stereocenters. The zero-order chi connectivity index (χ0) is 13.4. The third kappa shape index (κ3) is 2.77. The summed E-state index contributed by atoms with van der Waals surface area (Å²) in [7, 11) is 0. The molecule has 1 saturated carbocycles. The zero-order valence-electron chi connectivity index (χ0n) is 11.0. The van der Waals surface area contributed by atoms with Gasteiger partial charge in [-0.1, -0.05) is 23.7 Å². The predicted molar refractivity (Wildman–Crippen MR) is 74.0 cm³/mol. The van der Waals surface area contributed by atoms with Gasteiger partial charge < -0.3 is 9.64 Å². The first-order valence-electron chi connectivity index (χ1n) is 6.82. The van der Waals surface area contributed by atoms with Crippen molar-refractivity contribution in [2.75, 3.05) is 13.2 Å². The molecule has 1 amide bonds. The van der Waals surface area contributed by atoms with Crippen molar-refractivity contribution in [2.24, 2.45) is 5.92 Å². The van der Waals surface area contributed by atoms with E-state index in [2.05, 4.69) is 6.92 Å². The van der Waals surface area contributed by atoms with Crippen LogP contribution in [-0.4, -0.2) is 30.0 Å². The van der Waals surface area contributed by atoms with E-state index in [4.69, 9.17) is 16.3 Å². The maximum absolute atomic E-state index is 12.3. The van der Waals surface area contributed by atoms with Gasteiger partial charge >= 0.3 is 0 Å². The van der Waals surface area contributed by atoms with E-state index in [9.17, 15) is 4.79 Å². The smallest absolute Gasteiger partial charge is 0.226 e. The van der Waals surface area contributed by atoms with Crippen molar-refractivity contribution in [1.29, 1.82) is 0 Å². The van der Waals surface area contributed by atoms with Crippen LogP contribution >= 0.6 is 11.6 Å². The summed E-state index contributed by atoms with van der Waals surface area (Å²) in [5, 5.41) is 0.708. The SMILES string of the molecule is C[C@H]1CO[C@H](c2cccc(Cl)c2)CN1C(=O)C1CC1. The number of amides is 1. The van der Waals surface area contributed by atoms with Gasteiger partial charge in [0.1, 0.15) is 6.10 Å². The Balaban J connectivity index is 1.75. The minimum atomic E-state index is -0.0578. The van der Waals surface area contributed by atoms with Gasteiger partial charge in [0.2, 0.25) is 5.91 Å². The van der Waals surface area contributed by atoms with Crippen LogP contribution in [0.2, 0.25) is 5.02 Å². The second-order valence-corrected chi connectivity index (χ2v) is 5.93. The summed E-state index contributed by atoms with van der Waals surface area (Å²) in [6.45, 7) is 3.28. The van der Waals surface area contributed by atoms with Crippen molar-refractivity contribution >= 4 is 17.5 Å². The van der Waals surface area contributed by atoms with Gasteiger partial charge in [0.05, 0.1) is 19.2 Å². The number of nitrogens with zero attached hydrogens (tertiary/aromatic N) is 1. The molecular weight excluding hydrogens is 262 g/mol. The highest BCUT2D eigenvalue weighted by Gasteiger charge is 2.38. The Kier molecular flexibility index (Phi) is 3.50. The summed E-state index contributed by atoms with van der Waals surface area (Å²) in [5.74, 6) is 0.559. The first-order valence-corrected chi connectivity index (χ1v) is 7.20. The van der Waals surface area contributed by atoms with E-state index in [-0.39, 0.29) is 18.1 Å². The first kappa shape index (κ1) is 12.9. The highest BCUT2D eigenvalue weighted by atomic mass is 35.5. The predicted octanol–water partition coefficient (Wildman–Crippen LogP) is 3.04. The largest absolute Gasteiger partial charge is 0.370 e. The molecule has 4 heteroatoms. The Hall–Kier alpha value is -1.06. The molecule has 102 valence electrons. The van der Waals surface area contributed by atoms with Crippen LogP contribution in [0.4, 0.5) is 0 Å². The van der Waals surface area contributed by atoms with Gasteiger partial charge in [-0.05, 0) is 37.5 Å². The number of hydrogen-bond acceptors (Lipinski definition) is 2. The lowest BCUT2D eigenvalue weighted by Crippen LogP contribution is -2.48. The van der Waals surface area contributed by atoms with E-state index >= 15 is 0 Å². The molecule has 1 aromatic rings. The number of carbonyl (C=O) groups excluding carboxylic acids is 1. The van der Waals surface area contributed by atoms with Gasteiger partial charge in [0, 0.05) is 10.9 Å². The summed E-state index contributed by atoms with van der Waals surface area (Å²) in [4.78, 5) is 14.2. The Morgan fingerprint density at radius 1 is 1.42 bits per heavy atom. The van der Waals surface area contributed by atoms with E-state index in [1.807, 2.05) is 29.2 Å². The third-order valence-corrected chi connectivity index (χ3v) is 4.10. The summed E-state index contributed by atoms with van der Waals surface area (Å²) < 4.78 is 5.86. The fourth-order valence-corrected chi connectivity index (χ4v) is 2.74. The molecule has 3 rings (SSSR count). The van der Waals surface area contributed by atoms with Crippen LogP contribution in [0.25, 0.3) is 0 Å². The summed E-state index contributed by atoms with van der Waals surface area (Å²) in [6.07, 6.45) is 2.03. The molecule has 19 heavy (non-hydrogen) atoms. The minimum absolute atomic E-state index is 0.0578. The average Bonchev–Trinajstić information content (AvgIpc) is 3.23. The standard InChI is InChI=1S/C15H18ClNO2/c1-10-9-19-14(12-3-2-4-13(16)7-12)8-17(10)15(18)11-5-6-11/h2-4,7,10-11,14H,5-6,8-9H2,1H3/t10-,14-/m0/s1. The van der Waals surface area contributed by atoms with Crippen molar-refractivity contribution in [3.05, 3.63) is 34.9 Å². The lowest BCUT2D eigenvalue weighted by molar-refractivity contribution is -0.145.